The van der Waals surface area contributed by atoms with E-state index in [2.05, 4.69) is 0 Å². The first-order chi connectivity index (χ1) is 4.00. The molecule has 8 N–H and O–H groups in total. The van der Waals surface area contributed by atoms with E-state index in [-0.39, 0.29) is 20.4 Å². The van der Waals surface area contributed by atoms with Gasteiger partial charge in [0.25, 0.3) is 0 Å². The number of hydrogen-bond donors (Lipinski definition) is 8. The molecule has 0 aromatic carbocycles. The first-order valence-corrected chi connectivity index (χ1v) is 0.800. The topological polar surface area (TPSA) is 162 Å². The Bertz CT molecular complexity index is 4.53. The summed E-state index contributed by atoms with van der Waals surface area (Å²) in [5.74, 6) is 0. The minimum Gasteiger partial charge on any atom is -0.255 e. The van der Waals surface area contributed by atoms with Crippen LogP contribution < -0.4 is 0 Å². The second kappa shape index (κ2) is 3840. The van der Waals surface area contributed by atoms with Gasteiger partial charge in [-0.15, -0.1) is 0 Å². The summed E-state index contributed by atoms with van der Waals surface area (Å²) in [6.07, 6.45) is 0. The summed E-state index contributed by atoms with van der Waals surface area (Å²) < 4.78 is 0. The molecule has 0 spiro atoms. The Balaban J connectivity index is -0.00000000762. The van der Waals surface area contributed by atoms with E-state index in [0.29, 0.717) is 0 Å². The van der Waals surface area contributed by atoms with E-state index in [4.69, 9.17) is 42.1 Å². The molecule has 9 heteroatoms. The van der Waals surface area contributed by atoms with Crippen LogP contribution in [-0.4, -0.2) is 42.1 Å². The summed E-state index contributed by atoms with van der Waals surface area (Å²) in [6, 6.07) is 0. The summed E-state index contributed by atoms with van der Waals surface area (Å²) in [7, 11) is 0. The molecule has 0 fully saturated rings. The summed E-state index contributed by atoms with van der Waals surface area (Å²) in [5.41, 5.74) is 0. The zero-order valence-corrected chi connectivity index (χ0v) is 6.67. The first kappa shape index (κ1) is 34.5. The van der Waals surface area contributed by atoms with E-state index in [0.717, 1.165) is 0 Å². The Kier molecular flexibility index (Phi) is 14700. The molecule has 0 saturated heterocycles. The molecule has 0 saturated carbocycles. The van der Waals surface area contributed by atoms with Crippen LogP contribution in [0.1, 0.15) is 0 Å². The third kappa shape index (κ3) is 2860. The summed E-state index contributed by atoms with van der Waals surface area (Å²) in [4.78, 5) is 0. The van der Waals surface area contributed by atoms with Gasteiger partial charge in [-0.3, -0.25) is 42.1 Å². The number of hydrogen-bond acceptors (Lipinski definition) is 8. The van der Waals surface area contributed by atoms with Crippen molar-refractivity contribution in [1.29, 1.82) is 0 Å². The Morgan fingerprint density at radius 3 is 0.333 bits per heavy atom. The summed E-state index contributed by atoms with van der Waals surface area (Å²) in [6.45, 7) is 0. The van der Waals surface area contributed by atoms with Crippen LogP contribution in [0.15, 0.2) is 0 Å². The zero-order chi connectivity index (χ0) is 8.00. The van der Waals surface area contributed by atoms with E-state index in [1.807, 2.05) is 0 Å². The fourth-order valence-corrected chi connectivity index (χ4v) is 0. The van der Waals surface area contributed by atoms with Crippen LogP contribution in [0.4, 0.5) is 0 Å². The minimum atomic E-state index is 0. The second-order valence-electron chi connectivity index (χ2n) is 0. The molecule has 0 bridgehead atoms. The van der Waals surface area contributed by atoms with Crippen molar-refractivity contribution >= 4 is 0 Å². The molecule has 1 radical (unpaired) electrons. The average molecular weight is 322 g/mol. The molecule has 0 amide bonds. The van der Waals surface area contributed by atoms with Crippen LogP contribution in [0.5, 0.6) is 0 Å². The van der Waals surface area contributed by atoms with Crippen molar-refractivity contribution in [1.82, 2.24) is 0 Å². The van der Waals surface area contributed by atoms with Crippen molar-refractivity contribution in [3.8, 4) is 0 Å². The standard InChI is InChI=1S/4H2O2.Re/c4*1-2;/h4*1-2H;. The van der Waals surface area contributed by atoms with Gasteiger partial charge in [-0.1, -0.05) is 0 Å². The van der Waals surface area contributed by atoms with Gasteiger partial charge < -0.3 is 0 Å². The predicted octanol–water partition coefficient (Wildman–Crippen LogP) is 0.0671. The van der Waals surface area contributed by atoms with Gasteiger partial charge in [0.05, 0.1) is 0 Å². The van der Waals surface area contributed by atoms with Gasteiger partial charge in [-0.05, 0) is 0 Å². The van der Waals surface area contributed by atoms with Gasteiger partial charge in [-0.25, -0.2) is 0 Å². The molecule has 63 valence electrons. The fourth-order valence-electron chi connectivity index (χ4n) is 0. The molecule has 0 aromatic rings. The van der Waals surface area contributed by atoms with Crippen LogP contribution in [0, 0.1) is 0 Å². The molecule has 0 unspecified atom stereocenters. The van der Waals surface area contributed by atoms with E-state index in [9.17, 15) is 0 Å². The molecule has 0 heterocycles. The molecule has 0 atom stereocenters. The third-order valence-corrected chi connectivity index (χ3v) is 0. The van der Waals surface area contributed by atoms with E-state index >= 15 is 0 Å². The van der Waals surface area contributed by atoms with Crippen molar-refractivity contribution in [2.75, 3.05) is 0 Å². The molecule has 0 aliphatic rings. The van der Waals surface area contributed by atoms with E-state index in [1.165, 1.54) is 0 Å². The zero-order valence-electron chi connectivity index (χ0n) is 3.96. The summed E-state index contributed by atoms with van der Waals surface area (Å²) >= 11 is 0. The maximum atomic E-state index is 6.00. The Morgan fingerprint density at radius 2 is 0.333 bits per heavy atom. The largest absolute Gasteiger partial charge is 0.255 e. The quantitative estimate of drug-likeness (QED) is 0.229. The number of rotatable bonds is 0. The van der Waals surface area contributed by atoms with Crippen LogP contribution in [0.3, 0.4) is 0 Å². The molecule has 0 aliphatic carbocycles. The SMILES string of the molecule is OO.OO.OO.OO.[Re]. The molecular weight excluding hydrogens is 314 g/mol. The Labute approximate surface area is 63.2 Å². The van der Waals surface area contributed by atoms with E-state index in [1.54, 1.807) is 0 Å². The predicted molar refractivity (Wildman–Crippen MR) is 21.0 cm³/mol. The molecule has 0 rings (SSSR count). The molecule has 8 nitrogen and oxygen atoms in total. The maximum absolute atomic E-state index is 6.00. The third-order valence-electron chi connectivity index (χ3n) is 0. The maximum Gasteiger partial charge on any atom is 0 e. The van der Waals surface area contributed by atoms with Gasteiger partial charge in [0, 0.05) is 20.4 Å². The van der Waals surface area contributed by atoms with Gasteiger partial charge in [-0.2, -0.15) is 0 Å². The van der Waals surface area contributed by atoms with Crippen molar-refractivity contribution in [3.05, 3.63) is 0 Å². The van der Waals surface area contributed by atoms with Crippen molar-refractivity contribution in [2.24, 2.45) is 0 Å². The second-order valence-corrected chi connectivity index (χ2v) is 0. The first-order valence-electron chi connectivity index (χ1n) is 0.800. The molecule has 0 aliphatic heterocycles. The van der Waals surface area contributed by atoms with Crippen LogP contribution in [-0.2, 0) is 20.4 Å². The molecular formula is H8O8Re. The van der Waals surface area contributed by atoms with Crippen molar-refractivity contribution in [3.63, 3.8) is 0 Å². The van der Waals surface area contributed by atoms with Crippen molar-refractivity contribution in [2.45, 2.75) is 0 Å². The van der Waals surface area contributed by atoms with Gasteiger partial charge in [0.15, 0.2) is 0 Å². The van der Waals surface area contributed by atoms with Crippen LogP contribution in [0.25, 0.3) is 0 Å². The average Bonchev–Trinajstić information content (AvgIpc) is 2.03. The summed E-state index contributed by atoms with van der Waals surface area (Å²) in [5, 5.41) is 48.0. The van der Waals surface area contributed by atoms with Crippen molar-refractivity contribution < 1.29 is 62.5 Å². The minimum absolute atomic E-state index is 0. The Hall–Kier alpha value is 0.342. The molecule has 9 heavy (non-hydrogen) atoms. The van der Waals surface area contributed by atoms with Gasteiger partial charge in [0.2, 0.25) is 0 Å². The fraction of sp³-hybridized carbons (Fsp3) is 0. The Morgan fingerprint density at radius 1 is 0.333 bits per heavy atom. The molecule has 0 aromatic heterocycles. The van der Waals surface area contributed by atoms with Crippen LogP contribution in [0.2, 0.25) is 0 Å². The smallest absolute Gasteiger partial charge is 0 e. The van der Waals surface area contributed by atoms with E-state index < -0.39 is 0 Å². The normalized spacial score (nSPS) is 2.67. The monoisotopic (exact) mass is 323 g/mol. The van der Waals surface area contributed by atoms with Gasteiger partial charge >= 0.3 is 0 Å². The van der Waals surface area contributed by atoms with Crippen LogP contribution >= 0.6 is 0 Å². The van der Waals surface area contributed by atoms with Gasteiger partial charge in [0.1, 0.15) is 0 Å².